The molecule has 8 heavy (non-hydrogen) atoms. The summed E-state index contributed by atoms with van der Waals surface area (Å²) in [7, 11) is -2.78. The molecule has 0 saturated heterocycles. The Kier molecular flexibility index (Phi) is 8.51. The van der Waals surface area contributed by atoms with Gasteiger partial charge in [0.15, 0.2) is 8.03 Å². The van der Waals surface area contributed by atoms with Crippen LogP contribution in [-0.4, -0.2) is 22.1 Å². The molecule has 0 aliphatic carbocycles. The molecular weight excluding hydrogens is 208 g/mol. The zero-order valence-corrected chi connectivity index (χ0v) is 7.83. The molecule has 0 aromatic carbocycles. The first-order chi connectivity index (χ1) is 3.13. The second-order valence-electron chi connectivity index (χ2n) is 0.964. The van der Waals surface area contributed by atoms with Crippen molar-refractivity contribution in [3.05, 3.63) is 0 Å². The van der Waals surface area contributed by atoms with Crippen LogP contribution >= 0.6 is 8.03 Å². The van der Waals surface area contributed by atoms with Crippen LogP contribution in [0.25, 0.3) is 0 Å². The van der Waals surface area contributed by atoms with E-state index >= 15 is 0 Å². The van der Waals surface area contributed by atoms with Crippen molar-refractivity contribution in [2.75, 3.05) is 6.16 Å². The molecule has 0 aliphatic heterocycles. The molecule has 0 spiro atoms. The standard InChI is InChI=1S/C2H5O4P.Y/c3-2(4)1-7(5)6;/h7H,1H2,(H,3,4)(H,5,6);. The van der Waals surface area contributed by atoms with Crippen LogP contribution in [-0.2, 0) is 42.1 Å². The van der Waals surface area contributed by atoms with Crippen LogP contribution < -0.4 is 0 Å². The molecule has 1 radical (unpaired) electrons. The fraction of sp³-hybridized carbons (Fsp3) is 0.500. The van der Waals surface area contributed by atoms with Gasteiger partial charge in [-0.15, -0.1) is 0 Å². The van der Waals surface area contributed by atoms with Gasteiger partial charge < -0.3 is 10.00 Å². The van der Waals surface area contributed by atoms with Crippen molar-refractivity contribution >= 4 is 14.0 Å². The molecule has 0 aromatic heterocycles. The molecule has 4 nitrogen and oxygen atoms in total. The van der Waals surface area contributed by atoms with Gasteiger partial charge in [-0.05, 0) is 0 Å². The van der Waals surface area contributed by atoms with E-state index in [1.54, 1.807) is 0 Å². The molecule has 2 N–H and O–H groups in total. The quantitative estimate of drug-likeness (QED) is 0.608. The maximum Gasteiger partial charge on any atom is 0.312 e. The molecule has 0 bridgehead atoms. The van der Waals surface area contributed by atoms with E-state index in [-0.39, 0.29) is 32.7 Å². The fourth-order valence-electron chi connectivity index (χ4n) is 0.129. The van der Waals surface area contributed by atoms with Gasteiger partial charge in [-0.3, -0.25) is 9.36 Å². The molecule has 6 heteroatoms. The van der Waals surface area contributed by atoms with Crippen molar-refractivity contribution in [3.63, 3.8) is 0 Å². The van der Waals surface area contributed by atoms with Crippen molar-refractivity contribution in [3.8, 4) is 0 Å². The van der Waals surface area contributed by atoms with Gasteiger partial charge in [-0.2, -0.15) is 0 Å². The maximum absolute atomic E-state index is 9.61. The second kappa shape index (κ2) is 5.89. The largest absolute Gasteiger partial charge is 0.481 e. The molecule has 0 fully saturated rings. The average Bonchev–Trinajstić information content (AvgIpc) is 1.27. The topological polar surface area (TPSA) is 74.6 Å². The first-order valence-electron chi connectivity index (χ1n) is 1.56. The smallest absolute Gasteiger partial charge is 0.312 e. The van der Waals surface area contributed by atoms with Crippen molar-refractivity contribution < 1.29 is 52.1 Å². The predicted molar refractivity (Wildman–Crippen MR) is 23.7 cm³/mol. The van der Waals surface area contributed by atoms with Gasteiger partial charge in [-0.25, -0.2) is 0 Å². The van der Waals surface area contributed by atoms with E-state index in [4.69, 9.17) is 10.00 Å². The molecular formula is C2H5O4PY. The summed E-state index contributed by atoms with van der Waals surface area (Å²) < 4.78 is 9.61. The second-order valence-corrected chi connectivity index (χ2v) is 2.11. The third-order valence-corrected chi connectivity index (χ3v) is 0.907. The minimum Gasteiger partial charge on any atom is -0.481 e. The number of hydrogen-bond acceptors (Lipinski definition) is 2. The minimum absolute atomic E-state index is 0. The summed E-state index contributed by atoms with van der Waals surface area (Å²) in [5, 5.41) is 7.75. The molecule has 0 amide bonds. The van der Waals surface area contributed by atoms with Gasteiger partial charge in [-0.1, -0.05) is 0 Å². The Labute approximate surface area is 72.0 Å². The van der Waals surface area contributed by atoms with Crippen LogP contribution in [0.2, 0.25) is 0 Å². The van der Waals surface area contributed by atoms with E-state index in [0.29, 0.717) is 0 Å². The van der Waals surface area contributed by atoms with E-state index in [1.807, 2.05) is 0 Å². The molecule has 0 rings (SSSR count). The van der Waals surface area contributed by atoms with Gasteiger partial charge in [0.2, 0.25) is 0 Å². The number of rotatable bonds is 2. The van der Waals surface area contributed by atoms with Crippen LogP contribution in [0, 0.1) is 0 Å². The van der Waals surface area contributed by atoms with Crippen molar-refractivity contribution in [1.82, 2.24) is 0 Å². The molecule has 1 unspecified atom stereocenters. The summed E-state index contributed by atoms with van der Waals surface area (Å²) in [5.74, 6) is -1.23. The van der Waals surface area contributed by atoms with Crippen LogP contribution in [0.1, 0.15) is 0 Å². The third kappa shape index (κ3) is 9.90. The van der Waals surface area contributed by atoms with Crippen LogP contribution in [0.15, 0.2) is 0 Å². The third-order valence-electron chi connectivity index (χ3n) is 0.302. The molecule has 1 atom stereocenters. The van der Waals surface area contributed by atoms with Crippen molar-refractivity contribution in [2.24, 2.45) is 0 Å². The average molecular weight is 213 g/mol. The first-order valence-corrected chi connectivity index (χ1v) is 3.13. The van der Waals surface area contributed by atoms with Crippen LogP contribution in [0.4, 0.5) is 0 Å². The van der Waals surface area contributed by atoms with E-state index in [0.717, 1.165) is 0 Å². The van der Waals surface area contributed by atoms with Crippen molar-refractivity contribution in [1.29, 1.82) is 0 Å². The first kappa shape index (κ1) is 11.5. The summed E-state index contributed by atoms with van der Waals surface area (Å²) in [6.45, 7) is 0. The maximum atomic E-state index is 9.61. The Morgan fingerprint density at radius 2 is 2.00 bits per heavy atom. The van der Waals surface area contributed by atoms with Crippen molar-refractivity contribution in [2.45, 2.75) is 0 Å². The molecule has 0 heterocycles. The zero-order valence-electron chi connectivity index (χ0n) is 4.00. The summed E-state index contributed by atoms with van der Waals surface area (Å²) in [5.41, 5.74) is 0. The molecule has 45 valence electrons. The van der Waals surface area contributed by atoms with Gasteiger partial charge in [0.25, 0.3) is 0 Å². The van der Waals surface area contributed by atoms with E-state index in [9.17, 15) is 9.36 Å². The zero-order chi connectivity index (χ0) is 5.86. The minimum atomic E-state index is -2.78. The van der Waals surface area contributed by atoms with Gasteiger partial charge in [0, 0.05) is 32.7 Å². The Morgan fingerprint density at radius 3 is 2.00 bits per heavy atom. The normalized spacial score (nSPS) is 11.6. The molecule has 0 aliphatic rings. The number of aliphatic carboxylic acids is 1. The van der Waals surface area contributed by atoms with E-state index < -0.39 is 20.2 Å². The summed E-state index contributed by atoms with van der Waals surface area (Å²) in [4.78, 5) is 17.4. The van der Waals surface area contributed by atoms with E-state index in [2.05, 4.69) is 0 Å². The number of carboxylic acid groups (broad SMARTS) is 1. The SMILES string of the molecule is O=C(O)C[PH](=O)O.[Y]. The monoisotopic (exact) mass is 213 g/mol. The van der Waals surface area contributed by atoms with Crippen LogP contribution in [0.3, 0.4) is 0 Å². The fourth-order valence-corrected chi connectivity index (χ4v) is 0.388. The predicted octanol–water partition coefficient (Wildman–Crippen LogP) is -0.465. The number of carboxylic acids is 1. The van der Waals surface area contributed by atoms with Gasteiger partial charge >= 0.3 is 5.97 Å². The molecule has 0 aromatic rings. The molecule has 0 saturated carbocycles. The summed E-state index contributed by atoms with van der Waals surface area (Å²) in [6.07, 6.45) is -0.620. The van der Waals surface area contributed by atoms with Gasteiger partial charge in [0.05, 0.1) is 0 Å². The Hall–Kier alpha value is 0.764. The number of carbonyl (C=O) groups is 1. The Bertz CT molecular complexity index is 90.2. The van der Waals surface area contributed by atoms with Gasteiger partial charge in [0.1, 0.15) is 6.16 Å². The Balaban J connectivity index is 0. The summed E-state index contributed by atoms with van der Waals surface area (Å²) >= 11 is 0. The number of hydrogen-bond donors (Lipinski definition) is 2. The van der Waals surface area contributed by atoms with E-state index in [1.165, 1.54) is 0 Å². The summed E-state index contributed by atoms with van der Waals surface area (Å²) in [6, 6.07) is 0. The Morgan fingerprint density at radius 1 is 1.62 bits per heavy atom. The van der Waals surface area contributed by atoms with Crippen LogP contribution in [0.5, 0.6) is 0 Å².